The Morgan fingerprint density at radius 1 is 1.32 bits per heavy atom. The minimum absolute atomic E-state index is 0.165. The molecule has 1 aromatic carbocycles. The molecule has 1 atom stereocenters. The van der Waals surface area contributed by atoms with Crippen molar-refractivity contribution >= 4 is 18.0 Å². The molecule has 0 spiro atoms. The summed E-state index contributed by atoms with van der Waals surface area (Å²) in [6, 6.07) is 9.97. The number of nitrogens with zero attached hydrogens (tertiary/aromatic N) is 1. The number of H-pyrrole nitrogens is 1. The molecule has 1 aromatic heterocycles. The van der Waals surface area contributed by atoms with Gasteiger partial charge in [-0.15, -0.1) is 0 Å². The molecule has 2 aromatic rings. The molecule has 2 rings (SSSR count). The summed E-state index contributed by atoms with van der Waals surface area (Å²) in [7, 11) is 1.66. The van der Waals surface area contributed by atoms with E-state index in [1.807, 2.05) is 37.3 Å². The van der Waals surface area contributed by atoms with Gasteiger partial charge in [-0.2, -0.15) is 0 Å². The zero-order chi connectivity index (χ0) is 13.8. The first-order chi connectivity index (χ1) is 9.08. The fraction of sp³-hybridized carbons (Fsp3) is 0.286. The summed E-state index contributed by atoms with van der Waals surface area (Å²) in [6.07, 6.45) is 0. The van der Waals surface area contributed by atoms with Crippen LogP contribution >= 0.6 is 12.2 Å². The number of hydrogen-bond donors (Lipinski definition) is 2. The van der Waals surface area contributed by atoms with Crippen LogP contribution in [0.4, 0.5) is 5.82 Å². The van der Waals surface area contributed by atoms with Crippen LogP contribution < -0.4 is 10.1 Å². The molecule has 0 bridgehead atoms. The summed E-state index contributed by atoms with van der Waals surface area (Å²) < 4.78 is 5.73. The van der Waals surface area contributed by atoms with Crippen molar-refractivity contribution in [2.75, 3.05) is 12.4 Å². The lowest BCUT2D eigenvalue weighted by atomic mass is 10.1. The Kier molecular flexibility index (Phi) is 4.16. The zero-order valence-electron chi connectivity index (χ0n) is 11.2. The highest BCUT2D eigenvalue weighted by atomic mass is 32.1. The van der Waals surface area contributed by atoms with Crippen molar-refractivity contribution in [2.45, 2.75) is 19.9 Å². The van der Waals surface area contributed by atoms with E-state index in [0.29, 0.717) is 4.64 Å². The van der Waals surface area contributed by atoms with Crippen LogP contribution in [0.15, 0.2) is 30.3 Å². The van der Waals surface area contributed by atoms with Gasteiger partial charge < -0.3 is 15.0 Å². The van der Waals surface area contributed by atoms with Crippen LogP contribution in [0.2, 0.25) is 0 Å². The van der Waals surface area contributed by atoms with Gasteiger partial charge in [-0.3, -0.25) is 0 Å². The first-order valence-electron chi connectivity index (χ1n) is 6.07. The molecule has 100 valence electrons. The molecule has 0 aliphatic rings. The topological polar surface area (TPSA) is 49.9 Å². The number of aromatic nitrogens is 2. The third kappa shape index (κ3) is 3.54. The summed E-state index contributed by atoms with van der Waals surface area (Å²) in [5, 5.41) is 3.37. The van der Waals surface area contributed by atoms with E-state index in [4.69, 9.17) is 17.0 Å². The van der Waals surface area contributed by atoms with Crippen LogP contribution in [0.25, 0.3) is 0 Å². The van der Waals surface area contributed by atoms with Crippen LogP contribution in [-0.4, -0.2) is 17.1 Å². The van der Waals surface area contributed by atoms with Crippen LogP contribution in [-0.2, 0) is 0 Å². The fourth-order valence-electron chi connectivity index (χ4n) is 1.87. The Hall–Kier alpha value is -1.88. The second-order valence-electron chi connectivity index (χ2n) is 4.36. The van der Waals surface area contributed by atoms with Gasteiger partial charge in [0, 0.05) is 12.1 Å². The molecule has 0 saturated carbocycles. The number of ether oxygens (including phenoxy) is 1. The average molecular weight is 275 g/mol. The van der Waals surface area contributed by atoms with Crippen molar-refractivity contribution < 1.29 is 4.74 Å². The Bertz CT molecular complexity index is 607. The first-order valence-corrected chi connectivity index (χ1v) is 6.48. The molecule has 0 saturated heterocycles. The Morgan fingerprint density at radius 3 is 2.58 bits per heavy atom. The minimum Gasteiger partial charge on any atom is -0.497 e. The molecule has 5 heteroatoms. The lowest BCUT2D eigenvalue weighted by Crippen LogP contribution is -2.08. The minimum atomic E-state index is 0.165. The van der Waals surface area contributed by atoms with E-state index in [-0.39, 0.29) is 6.04 Å². The molecule has 2 N–H and O–H groups in total. The lowest BCUT2D eigenvalue weighted by molar-refractivity contribution is 0.414. The number of methoxy groups -OCH3 is 1. The molecule has 0 amide bonds. The van der Waals surface area contributed by atoms with Crippen LogP contribution in [0.3, 0.4) is 0 Å². The maximum absolute atomic E-state index is 5.15. The van der Waals surface area contributed by atoms with Gasteiger partial charge in [0.1, 0.15) is 22.0 Å². The summed E-state index contributed by atoms with van der Waals surface area (Å²) in [6.45, 7) is 3.98. The van der Waals surface area contributed by atoms with E-state index >= 15 is 0 Å². The third-order valence-electron chi connectivity index (χ3n) is 2.85. The van der Waals surface area contributed by atoms with Crippen LogP contribution in [0.1, 0.15) is 24.4 Å². The second-order valence-corrected chi connectivity index (χ2v) is 4.78. The molecule has 0 fully saturated rings. The van der Waals surface area contributed by atoms with Gasteiger partial charge in [-0.25, -0.2) is 4.98 Å². The van der Waals surface area contributed by atoms with E-state index in [2.05, 4.69) is 22.2 Å². The van der Waals surface area contributed by atoms with Crippen molar-refractivity contribution in [3.8, 4) is 5.75 Å². The quantitative estimate of drug-likeness (QED) is 0.837. The maximum Gasteiger partial charge on any atom is 0.131 e. The number of aromatic amines is 1. The van der Waals surface area contributed by atoms with Crippen molar-refractivity contribution in [3.63, 3.8) is 0 Å². The van der Waals surface area contributed by atoms with Crippen molar-refractivity contribution in [1.82, 2.24) is 9.97 Å². The average Bonchev–Trinajstić information content (AvgIpc) is 2.37. The molecule has 0 aliphatic heterocycles. The highest BCUT2D eigenvalue weighted by Gasteiger charge is 2.06. The van der Waals surface area contributed by atoms with Crippen LogP contribution in [0.5, 0.6) is 5.75 Å². The predicted molar refractivity (Wildman–Crippen MR) is 79.2 cm³/mol. The highest BCUT2D eigenvalue weighted by molar-refractivity contribution is 7.71. The SMILES string of the molecule is COc1ccc(C(C)Nc2cc(=S)nc(C)[nH]2)cc1. The molecule has 4 nitrogen and oxygen atoms in total. The van der Waals surface area contributed by atoms with Gasteiger partial charge in [-0.1, -0.05) is 24.4 Å². The number of benzene rings is 1. The first kappa shape index (κ1) is 13.5. The van der Waals surface area contributed by atoms with Gasteiger partial charge in [0.2, 0.25) is 0 Å². The number of hydrogen-bond acceptors (Lipinski definition) is 4. The van der Waals surface area contributed by atoms with Gasteiger partial charge in [0.05, 0.1) is 7.11 Å². The van der Waals surface area contributed by atoms with Gasteiger partial charge in [0.25, 0.3) is 0 Å². The third-order valence-corrected chi connectivity index (χ3v) is 3.06. The van der Waals surface area contributed by atoms with Gasteiger partial charge in [-0.05, 0) is 31.5 Å². The second kappa shape index (κ2) is 5.84. The van der Waals surface area contributed by atoms with E-state index < -0.39 is 0 Å². The largest absolute Gasteiger partial charge is 0.497 e. The molecular formula is C14H17N3OS. The zero-order valence-corrected chi connectivity index (χ0v) is 12.0. The molecular weight excluding hydrogens is 258 g/mol. The van der Waals surface area contributed by atoms with E-state index in [0.717, 1.165) is 17.4 Å². The lowest BCUT2D eigenvalue weighted by Gasteiger charge is -2.16. The maximum atomic E-state index is 5.15. The van der Waals surface area contributed by atoms with E-state index in [1.165, 1.54) is 5.56 Å². The Morgan fingerprint density at radius 2 is 2.00 bits per heavy atom. The highest BCUT2D eigenvalue weighted by Crippen LogP contribution is 2.20. The Balaban J connectivity index is 2.15. The molecule has 0 aliphatic carbocycles. The molecule has 19 heavy (non-hydrogen) atoms. The number of rotatable bonds is 4. The Labute approximate surface area is 117 Å². The molecule has 0 radical (unpaired) electrons. The van der Waals surface area contributed by atoms with Crippen molar-refractivity contribution in [3.05, 3.63) is 46.4 Å². The summed E-state index contributed by atoms with van der Waals surface area (Å²) in [4.78, 5) is 7.30. The smallest absolute Gasteiger partial charge is 0.131 e. The standard InChI is InChI=1S/C14H17N3OS/c1-9(11-4-6-12(18-3)7-5-11)15-13-8-14(19)17-10(2)16-13/h4-9H,1-3H3,(H2,15,16,17,19). The van der Waals surface area contributed by atoms with Crippen LogP contribution in [0, 0.1) is 11.6 Å². The normalized spacial score (nSPS) is 11.9. The van der Waals surface area contributed by atoms with Gasteiger partial charge in [0.15, 0.2) is 0 Å². The summed E-state index contributed by atoms with van der Waals surface area (Å²) in [5.74, 6) is 2.54. The van der Waals surface area contributed by atoms with E-state index in [9.17, 15) is 0 Å². The summed E-state index contributed by atoms with van der Waals surface area (Å²) >= 11 is 5.10. The molecule has 1 heterocycles. The molecule has 1 unspecified atom stereocenters. The van der Waals surface area contributed by atoms with Crippen molar-refractivity contribution in [1.29, 1.82) is 0 Å². The van der Waals surface area contributed by atoms with E-state index in [1.54, 1.807) is 7.11 Å². The number of anilines is 1. The fourth-order valence-corrected chi connectivity index (χ4v) is 2.12. The number of nitrogens with one attached hydrogen (secondary N) is 2. The monoisotopic (exact) mass is 275 g/mol. The van der Waals surface area contributed by atoms with Crippen molar-refractivity contribution in [2.24, 2.45) is 0 Å². The van der Waals surface area contributed by atoms with Gasteiger partial charge >= 0.3 is 0 Å². The summed E-state index contributed by atoms with van der Waals surface area (Å²) in [5.41, 5.74) is 1.18. The number of aryl methyl sites for hydroxylation is 1. The predicted octanol–water partition coefficient (Wildman–Crippen LogP) is 3.63.